The second kappa shape index (κ2) is 11.5. The van der Waals surface area contributed by atoms with E-state index in [1.807, 2.05) is 17.3 Å². The van der Waals surface area contributed by atoms with Crippen molar-refractivity contribution < 1.29 is 17.3 Å². The minimum atomic E-state index is 0.694. The zero-order valence-electron chi connectivity index (χ0n) is 13.4. The van der Waals surface area contributed by atoms with Crippen molar-refractivity contribution >= 4 is 9.69 Å². The quantitative estimate of drug-likeness (QED) is 0.325. The van der Waals surface area contributed by atoms with Gasteiger partial charge in [0, 0.05) is 0 Å². The molecule has 0 fully saturated rings. The van der Waals surface area contributed by atoms with Crippen LogP contribution in [0.4, 0.5) is 0 Å². The summed E-state index contributed by atoms with van der Waals surface area (Å²) in [5.41, 5.74) is 6.11. The maximum atomic E-state index is 4.57. The van der Waals surface area contributed by atoms with Crippen molar-refractivity contribution in [2.24, 2.45) is 5.92 Å². The van der Waals surface area contributed by atoms with Gasteiger partial charge in [0.15, 0.2) is 0 Å². The van der Waals surface area contributed by atoms with Crippen molar-refractivity contribution in [3.8, 4) is 0 Å². The Morgan fingerprint density at radius 1 is 0.750 bits per heavy atom. The average Bonchev–Trinajstić information content (AvgIpc) is 2.59. The molecule has 0 amide bonds. The molecule has 0 saturated carbocycles. The van der Waals surface area contributed by atoms with E-state index < -0.39 is 0 Å². The summed E-state index contributed by atoms with van der Waals surface area (Å²) >= 11 is 1.82. The number of allylic oxidation sites excluding steroid dienone is 8. The molecular weight excluding hydrogens is 353 g/mol. The van der Waals surface area contributed by atoms with Crippen LogP contribution in [0.2, 0.25) is 0 Å². The Morgan fingerprint density at radius 3 is 1.15 bits per heavy atom. The molecule has 20 heavy (non-hydrogen) atoms. The molecule has 2 aliphatic rings. The first-order valence-corrected chi connectivity index (χ1v) is 9.58. The van der Waals surface area contributed by atoms with E-state index in [2.05, 4.69) is 68.6 Å². The van der Waals surface area contributed by atoms with E-state index in [-0.39, 0.29) is 0 Å². The summed E-state index contributed by atoms with van der Waals surface area (Å²) in [5.74, 6) is 0.694. The van der Waals surface area contributed by atoms with Crippen LogP contribution in [-0.4, -0.2) is 0 Å². The Morgan fingerprint density at radius 2 is 1.00 bits per heavy atom. The van der Waals surface area contributed by atoms with Crippen LogP contribution in [0.15, 0.2) is 46.6 Å². The molecule has 0 bridgehead atoms. The molecule has 2 aliphatic carbocycles. The zero-order valence-corrected chi connectivity index (χ0v) is 15.9. The second-order valence-electron chi connectivity index (χ2n) is 5.44. The molecule has 2 rings (SSSR count). The zero-order chi connectivity index (χ0) is 15.5. The first kappa shape index (κ1) is 19.9. The van der Waals surface area contributed by atoms with Crippen LogP contribution in [0.1, 0.15) is 60.3 Å². The Kier molecular flexibility index (Phi) is 11.5. The number of hydrogen-bond donors (Lipinski definition) is 0. The van der Waals surface area contributed by atoms with Crippen molar-refractivity contribution in [1.29, 1.82) is 0 Å². The van der Waals surface area contributed by atoms with E-state index in [1.165, 1.54) is 36.8 Å². The van der Waals surface area contributed by atoms with Crippen LogP contribution >= 0.6 is 9.69 Å². The molecule has 2 heteroatoms. The van der Waals surface area contributed by atoms with Gasteiger partial charge in [-0.3, -0.25) is 0 Å². The molecule has 0 atom stereocenters. The van der Waals surface area contributed by atoms with Crippen LogP contribution in [0.3, 0.4) is 0 Å². The summed E-state index contributed by atoms with van der Waals surface area (Å²) < 4.78 is 0. The summed E-state index contributed by atoms with van der Waals surface area (Å²) in [7, 11) is 4.57. The van der Waals surface area contributed by atoms with Gasteiger partial charge in [-0.05, 0) is 70.4 Å². The standard InChI is InChI=1S/C10H16.C8H12.ClH.Ru/c1-6-7(2)9(4)10(5)8(6)3;1-2-4-6-8-7-5-3-1;;/h6H,1-5H3;1-2,7-8H,3-6H2;1H;/q;;;+1/p-1/b;2-1-,8-7?;;. The Hall–Kier alpha value is -0.127. The van der Waals surface area contributed by atoms with E-state index in [1.54, 1.807) is 11.1 Å². The van der Waals surface area contributed by atoms with Gasteiger partial charge < -0.3 is 0 Å². The second-order valence-corrected chi connectivity index (χ2v) is 5.44. The average molecular weight is 381 g/mol. The Bertz CT molecular complexity index is 350. The first-order chi connectivity index (χ1) is 9.55. The van der Waals surface area contributed by atoms with Gasteiger partial charge >= 0.3 is 27.0 Å². The monoisotopic (exact) mass is 381 g/mol. The van der Waals surface area contributed by atoms with E-state index in [0.29, 0.717) is 5.92 Å². The first-order valence-electron chi connectivity index (χ1n) is 7.34. The van der Waals surface area contributed by atoms with Gasteiger partial charge in [-0.2, -0.15) is 0 Å². The van der Waals surface area contributed by atoms with Gasteiger partial charge in [0.1, 0.15) is 0 Å². The van der Waals surface area contributed by atoms with E-state index in [0.717, 1.165) is 0 Å². The van der Waals surface area contributed by atoms with Gasteiger partial charge in [-0.25, -0.2) is 0 Å². The molecule has 0 saturated heterocycles. The van der Waals surface area contributed by atoms with Crippen molar-refractivity contribution in [2.45, 2.75) is 60.3 Å². The van der Waals surface area contributed by atoms with Crippen LogP contribution in [0, 0.1) is 5.92 Å². The number of hydrogen-bond acceptors (Lipinski definition) is 0. The minimum absolute atomic E-state index is 0.694. The molecule has 0 aromatic rings. The third-order valence-corrected chi connectivity index (χ3v) is 4.38. The molecule has 0 aliphatic heterocycles. The Balaban J connectivity index is 0.000000327. The summed E-state index contributed by atoms with van der Waals surface area (Å²) in [6.07, 6.45) is 14.0. The fourth-order valence-corrected chi connectivity index (χ4v) is 2.42. The predicted molar refractivity (Wildman–Crippen MR) is 88.5 cm³/mol. The third kappa shape index (κ3) is 6.55. The third-order valence-electron chi connectivity index (χ3n) is 4.38. The molecular formula is C18H28ClRu. The maximum absolute atomic E-state index is 4.57. The van der Waals surface area contributed by atoms with Crippen molar-refractivity contribution in [1.82, 2.24) is 0 Å². The van der Waals surface area contributed by atoms with Crippen molar-refractivity contribution in [2.75, 3.05) is 0 Å². The fraction of sp³-hybridized carbons (Fsp3) is 0.556. The SMILES string of the molecule is C1=CCC/C=C\CC1.CC1=C(C)C(C)C(C)=C1C.[Cl][Ru]. The summed E-state index contributed by atoms with van der Waals surface area (Å²) in [6, 6.07) is 0. The van der Waals surface area contributed by atoms with Crippen molar-refractivity contribution in [3.63, 3.8) is 0 Å². The molecule has 0 N–H and O–H groups in total. The van der Waals surface area contributed by atoms with E-state index in [9.17, 15) is 0 Å². The summed E-state index contributed by atoms with van der Waals surface area (Å²) in [4.78, 5) is 0. The molecule has 115 valence electrons. The molecule has 0 aromatic carbocycles. The van der Waals surface area contributed by atoms with Crippen LogP contribution < -0.4 is 0 Å². The van der Waals surface area contributed by atoms with Gasteiger partial charge in [0.05, 0.1) is 0 Å². The molecule has 0 nitrogen and oxygen atoms in total. The van der Waals surface area contributed by atoms with Gasteiger partial charge in [0.2, 0.25) is 0 Å². The Labute approximate surface area is 139 Å². The number of rotatable bonds is 0. The fourth-order valence-electron chi connectivity index (χ4n) is 2.42. The van der Waals surface area contributed by atoms with Crippen LogP contribution in [-0.2, 0) is 17.3 Å². The topological polar surface area (TPSA) is 0 Å². The van der Waals surface area contributed by atoms with Gasteiger partial charge in [-0.15, -0.1) is 0 Å². The van der Waals surface area contributed by atoms with Crippen LogP contribution in [0.5, 0.6) is 0 Å². The van der Waals surface area contributed by atoms with Gasteiger partial charge in [-0.1, -0.05) is 42.4 Å². The van der Waals surface area contributed by atoms with E-state index in [4.69, 9.17) is 0 Å². The van der Waals surface area contributed by atoms with Gasteiger partial charge in [0.25, 0.3) is 0 Å². The molecule has 0 radical (unpaired) electrons. The molecule has 0 aromatic heterocycles. The normalized spacial score (nSPS) is 20.6. The predicted octanol–water partition coefficient (Wildman–Crippen LogP) is 6.67. The molecule has 0 heterocycles. The molecule has 0 unspecified atom stereocenters. The summed E-state index contributed by atoms with van der Waals surface area (Å²) in [5, 5.41) is 0. The summed E-state index contributed by atoms with van der Waals surface area (Å²) in [6.45, 7) is 11.2. The van der Waals surface area contributed by atoms with Crippen LogP contribution in [0.25, 0.3) is 0 Å². The van der Waals surface area contributed by atoms with Crippen molar-refractivity contribution in [3.05, 3.63) is 46.6 Å². The van der Waals surface area contributed by atoms with E-state index >= 15 is 0 Å². The molecule has 0 spiro atoms. The number of halogens is 1.